The maximum absolute atomic E-state index is 4.94. The first kappa shape index (κ1) is 24.4. The smallest absolute Gasteiger partial charge is 0.180 e. The van der Waals surface area contributed by atoms with Crippen molar-refractivity contribution in [1.82, 2.24) is 34.7 Å². The lowest BCUT2D eigenvalue weighted by molar-refractivity contribution is 0.104. The standard InChI is InChI=1S/C31H33N7/c1-21(2)38-15-13-37(14-16-38)20-23-7-9-24(10-8-23)25-17-26(19-32-18-25)29-27-11-12-33-30(27)36-31(35-29)28-6-4-5-22(3)34-28/h4-12,17-19,21H,13-16,20H2,1-3H3,(H,33,35,36). The number of aromatic amines is 1. The van der Waals surface area contributed by atoms with Crippen LogP contribution in [0.2, 0.25) is 0 Å². The van der Waals surface area contributed by atoms with Crippen LogP contribution >= 0.6 is 0 Å². The number of aromatic nitrogens is 5. The van der Waals surface area contributed by atoms with Gasteiger partial charge in [0, 0.05) is 79.6 Å². The molecule has 0 radical (unpaired) electrons. The summed E-state index contributed by atoms with van der Waals surface area (Å²) >= 11 is 0. The van der Waals surface area contributed by atoms with Crippen molar-refractivity contribution >= 4 is 11.0 Å². The molecule has 1 N–H and O–H groups in total. The topological polar surface area (TPSA) is 73.8 Å². The molecular formula is C31H33N7. The Morgan fingerprint density at radius 1 is 0.842 bits per heavy atom. The molecule has 0 saturated carbocycles. The maximum Gasteiger partial charge on any atom is 0.180 e. The summed E-state index contributed by atoms with van der Waals surface area (Å²) in [5.41, 5.74) is 7.84. The first-order chi connectivity index (χ1) is 18.5. The van der Waals surface area contributed by atoms with E-state index in [0.29, 0.717) is 11.9 Å². The average molecular weight is 504 g/mol. The van der Waals surface area contributed by atoms with Crippen LogP contribution in [-0.2, 0) is 6.54 Å². The Kier molecular flexibility index (Phi) is 6.70. The number of pyridine rings is 2. The van der Waals surface area contributed by atoms with Crippen LogP contribution in [0.15, 0.2) is 73.2 Å². The number of benzene rings is 1. The van der Waals surface area contributed by atoms with Crippen molar-refractivity contribution in [3.05, 3.63) is 84.4 Å². The minimum atomic E-state index is 0.600. The van der Waals surface area contributed by atoms with E-state index >= 15 is 0 Å². The number of piperazine rings is 1. The molecule has 0 spiro atoms. The van der Waals surface area contributed by atoms with Gasteiger partial charge in [-0.1, -0.05) is 30.3 Å². The van der Waals surface area contributed by atoms with E-state index < -0.39 is 0 Å². The summed E-state index contributed by atoms with van der Waals surface area (Å²) in [6.45, 7) is 12.1. The van der Waals surface area contributed by atoms with Crippen LogP contribution in [0.3, 0.4) is 0 Å². The van der Waals surface area contributed by atoms with Gasteiger partial charge >= 0.3 is 0 Å². The molecule has 0 aliphatic carbocycles. The Bertz CT molecular complexity index is 1550. The van der Waals surface area contributed by atoms with Crippen LogP contribution in [0.4, 0.5) is 0 Å². The molecule has 1 aliphatic heterocycles. The summed E-state index contributed by atoms with van der Waals surface area (Å²) < 4.78 is 0. The first-order valence-electron chi connectivity index (χ1n) is 13.3. The van der Waals surface area contributed by atoms with Crippen LogP contribution in [0, 0.1) is 6.92 Å². The van der Waals surface area contributed by atoms with Gasteiger partial charge in [0.2, 0.25) is 0 Å². The Balaban J connectivity index is 1.25. The maximum atomic E-state index is 4.94. The summed E-state index contributed by atoms with van der Waals surface area (Å²) in [5.74, 6) is 0.600. The Hall–Kier alpha value is -3.94. The number of H-pyrrole nitrogens is 1. The summed E-state index contributed by atoms with van der Waals surface area (Å²) in [6.07, 6.45) is 5.69. The average Bonchev–Trinajstić information content (AvgIpc) is 3.42. The van der Waals surface area contributed by atoms with Crippen molar-refractivity contribution in [2.45, 2.75) is 33.4 Å². The molecule has 6 rings (SSSR count). The molecule has 5 heterocycles. The minimum Gasteiger partial charge on any atom is -0.346 e. The molecule has 0 atom stereocenters. The Morgan fingerprint density at radius 2 is 1.63 bits per heavy atom. The molecule has 0 amide bonds. The molecule has 1 aromatic carbocycles. The van der Waals surface area contributed by atoms with E-state index in [1.807, 2.05) is 49.8 Å². The monoisotopic (exact) mass is 503 g/mol. The van der Waals surface area contributed by atoms with Crippen LogP contribution in [0.5, 0.6) is 0 Å². The van der Waals surface area contributed by atoms with Gasteiger partial charge in [-0.2, -0.15) is 0 Å². The van der Waals surface area contributed by atoms with E-state index in [1.54, 1.807) is 0 Å². The van der Waals surface area contributed by atoms with Crippen LogP contribution < -0.4 is 0 Å². The molecule has 0 unspecified atom stereocenters. The predicted molar refractivity (Wildman–Crippen MR) is 153 cm³/mol. The summed E-state index contributed by atoms with van der Waals surface area (Å²) in [4.78, 5) is 27.2. The van der Waals surface area contributed by atoms with Crippen molar-refractivity contribution < 1.29 is 0 Å². The van der Waals surface area contributed by atoms with Crippen molar-refractivity contribution in [3.8, 4) is 33.9 Å². The van der Waals surface area contributed by atoms with Gasteiger partial charge in [-0.25, -0.2) is 15.0 Å². The van der Waals surface area contributed by atoms with Crippen LogP contribution in [-0.4, -0.2) is 66.9 Å². The minimum absolute atomic E-state index is 0.600. The zero-order valence-corrected chi connectivity index (χ0v) is 22.2. The molecule has 5 aromatic rings. The zero-order chi connectivity index (χ0) is 26.1. The van der Waals surface area contributed by atoms with Gasteiger partial charge in [-0.15, -0.1) is 0 Å². The summed E-state index contributed by atoms with van der Waals surface area (Å²) in [6, 6.07) is 19.6. The van der Waals surface area contributed by atoms with E-state index in [4.69, 9.17) is 9.97 Å². The van der Waals surface area contributed by atoms with Crippen molar-refractivity contribution in [2.24, 2.45) is 0 Å². The quantitative estimate of drug-likeness (QED) is 0.326. The molecule has 1 saturated heterocycles. The number of rotatable bonds is 6. The largest absolute Gasteiger partial charge is 0.346 e. The van der Waals surface area contributed by atoms with Crippen molar-refractivity contribution in [1.29, 1.82) is 0 Å². The van der Waals surface area contributed by atoms with E-state index in [1.165, 1.54) is 5.56 Å². The summed E-state index contributed by atoms with van der Waals surface area (Å²) in [5, 5.41) is 0.966. The molecule has 7 nitrogen and oxygen atoms in total. The molecular weight excluding hydrogens is 470 g/mol. The normalized spacial score (nSPS) is 14.9. The van der Waals surface area contributed by atoms with Crippen LogP contribution in [0.25, 0.3) is 44.9 Å². The van der Waals surface area contributed by atoms with Crippen molar-refractivity contribution in [2.75, 3.05) is 26.2 Å². The Labute approximate surface area is 223 Å². The van der Waals surface area contributed by atoms with Gasteiger partial charge in [0.25, 0.3) is 0 Å². The molecule has 38 heavy (non-hydrogen) atoms. The molecule has 4 aromatic heterocycles. The number of hydrogen-bond donors (Lipinski definition) is 1. The van der Waals surface area contributed by atoms with Gasteiger partial charge < -0.3 is 4.98 Å². The molecule has 1 fully saturated rings. The summed E-state index contributed by atoms with van der Waals surface area (Å²) in [7, 11) is 0. The number of hydrogen-bond acceptors (Lipinski definition) is 6. The highest BCUT2D eigenvalue weighted by atomic mass is 15.3. The van der Waals surface area contributed by atoms with Gasteiger partial charge in [-0.05, 0) is 56.2 Å². The highest BCUT2D eigenvalue weighted by molar-refractivity contribution is 5.92. The van der Waals surface area contributed by atoms with E-state index in [2.05, 4.69) is 68.9 Å². The number of aryl methyl sites for hydroxylation is 1. The third-order valence-corrected chi connectivity index (χ3v) is 7.38. The number of fused-ring (bicyclic) bond motifs is 1. The lowest BCUT2D eigenvalue weighted by Crippen LogP contribution is -2.48. The lowest BCUT2D eigenvalue weighted by atomic mass is 10.0. The second-order valence-electron chi connectivity index (χ2n) is 10.4. The second kappa shape index (κ2) is 10.4. The van der Waals surface area contributed by atoms with Gasteiger partial charge in [0.15, 0.2) is 5.82 Å². The SMILES string of the molecule is Cc1cccc(-c2nc(-c3cncc(-c4ccc(CN5CCN(C(C)C)CC5)cc4)c3)c3cc[nH]c3n2)n1. The van der Waals surface area contributed by atoms with Gasteiger partial charge in [0.05, 0.1) is 5.69 Å². The van der Waals surface area contributed by atoms with Gasteiger partial charge in [-0.3, -0.25) is 14.8 Å². The Morgan fingerprint density at radius 3 is 2.39 bits per heavy atom. The molecule has 192 valence electrons. The fraction of sp³-hybridized carbons (Fsp3) is 0.290. The molecule has 0 bridgehead atoms. The fourth-order valence-electron chi connectivity index (χ4n) is 5.17. The lowest BCUT2D eigenvalue weighted by Gasteiger charge is -2.36. The van der Waals surface area contributed by atoms with Crippen LogP contribution in [0.1, 0.15) is 25.1 Å². The van der Waals surface area contributed by atoms with E-state index in [-0.39, 0.29) is 0 Å². The molecule has 1 aliphatic rings. The predicted octanol–water partition coefficient (Wildman–Crippen LogP) is 5.58. The molecule has 7 heteroatoms. The number of nitrogens with one attached hydrogen (secondary N) is 1. The zero-order valence-electron chi connectivity index (χ0n) is 22.2. The van der Waals surface area contributed by atoms with E-state index in [0.717, 1.165) is 77.5 Å². The highest BCUT2D eigenvalue weighted by Gasteiger charge is 2.19. The number of nitrogens with zero attached hydrogens (tertiary/aromatic N) is 6. The van der Waals surface area contributed by atoms with Crippen molar-refractivity contribution in [3.63, 3.8) is 0 Å². The third kappa shape index (κ3) is 5.08. The first-order valence-corrected chi connectivity index (χ1v) is 13.3. The highest BCUT2D eigenvalue weighted by Crippen LogP contribution is 2.30. The van der Waals surface area contributed by atoms with E-state index in [9.17, 15) is 0 Å². The second-order valence-corrected chi connectivity index (χ2v) is 10.4. The third-order valence-electron chi connectivity index (χ3n) is 7.38. The van der Waals surface area contributed by atoms with Gasteiger partial charge in [0.1, 0.15) is 11.3 Å². The fourth-order valence-corrected chi connectivity index (χ4v) is 5.17.